The van der Waals surface area contributed by atoms with E-state index in [1.807, 2.05) is 0 Å². The maximum Gasteiger partial charge on any atom is 3.00 e. The molecule has 85 valence electrons. The van der Waals surface area contributed by atoms with Crippen molar-refractivity contribution in [1.29, 1.82) is 0 Å². The van der Waals surface area contributed by atoms with Crippen molar-refractivity contribution < 1.29 is 65.5 Å². The summed E-state index contributed by atoms with van der Waals surface area (Å²) in [5.74, 6) is 0. The van der Waals surface area contributed by atoms with Crippen molar-refractivity contribution in [3.8, 4) is 0 Å². The van der Waals surface area contributed by atoms with E-state index in [0.29, 0.717) is 0 Å². The van der Waals surface area contributed by atoms with Crippen LogP contribution in [0.5, 0.6) is 0 Å². The Kier molecular flexibility index (Phi) is 302. The minimum Gasteiger partial charge on any atom is -1.00 e. The zero-order valence-corrected chi connectivity index (χ0v) is 12.4. The Morgan fingerprint density at radius 1 is 0.733 bits per heavy atom. The van der Waals surface area contributed by atoms with Crippen LogP contribution in [0.4, 0.5) is 0 Å². The quantitative estimate of drug-likeness (QED) is 0.391. The van der Waals surface area contributed by atoms with Gasteiger partial charge < -0.3 is 48.5 Å². The molecule has 0 saturated carbocycles. The van der Waals surface area contributed by atoms with Crippen molar-refractivity contribution in [2.24, 2.45) is 0 Å². The van der Waals surface area contributed by atoms with Gasteiger partial charge in [-0.2, -0.15) is 0 Å². The van der Waals surface area contributed by atoms with Gasteiger partial charge >= 0.3 is 57.5 Å². The van der Waals surface area contributed by atoms with Crippen LogP contribution in [-0.2, 0) is 26.0 Å². The molecule has 0 aromatic carbocycles. The summed E-state index contributed by atoms with van der Waals surface area (Å²) in [5, 5.41) is 0. The molecule has 0 spiro atoms. The molecule has 0 aliphatic heterocycles. The molecule has 0 aliphatic carbocycles. The number of hydrogen-bond acceptors (Lipinski definition) is 8. The second kappa shape index (κ2) is 60.8. The van der Waals surface area contributed by atoms with E-state index < -0.39 is 18.3 Å². The average molecular weight is 331 g/mol. The van der Waals surface area contributed by atoms with Crippen molar-refractivity contribution in [2.45, 2.75) is 0 Å². The van der Waals surface area contributed by atoms with Crippen molar-refractivity contribution in [3.63, 3.8) is 0 Å². The summed E-state index contributed by atoms with van der Waals surface area (Å²) in [6, 6.07) is 0. The summed E-state index contributed by atoms with van der Waals surface area (Å²) in [6.07, 6.45) is 0. The van der Waals surface area contributed by atoms with Crippen molar-refractivity contribution in [2.75, 3.05) is 0 Å². The SMILES string of the molecule is O=[Si]([O-])[O-].O=[Si]([O-])[O-].[Al+3].[F-].[F-].[Fe+3].[Mg+2].[OH-].[OH-]. The molecular formula is H2AlF2FeMgO8Si2. The Labute approximate surface area is 124 Å². The first-order chi connectivity index (χ1) is 3.46. The molecule has 0 bridgehead atoms. The van der Waals surface area contributed by atoms with Gasteiger partial charge in [-0.1, -0.05) is 0 Å². The van der Waals surface area contributed by atoms with E-state index in [9.17, 15) is 0 Å². The maximum absolute atomic E-state index is 8.52. The summed E-state index contributed by atoms with van der Waals surface area (Å²) < 4.78 is 17.0. The van der Waals surface area contributed by atoms with Crippen LogP contribution in [0, 0.1) is 0 Å². The van der Waals surface area contributed by atoms with Gasteiger partial charge in [0.05, 0.1) is 0 Å². The van der Waals surface area contributed by atoms with Gasteiger partial charge in [0.2, 0.25) is 0 Å². The third kappa shape index (κ3) is 3530. The van der Waals surface area contributed by atoms with E-state index >= 15 is 0 Å². The fourth-order valence-electron chi connectivity index (χ4n) is 0. The Morgan fingerprint density at radius 3 is 0.733 bits per heavy atom. The topological polar surface area (TPSA) is 186 Å². The summed E-state index contributed by atoms with van der Waals surface area (Å²) in [6.45, 7) is 0. The van der Waals surface area contributed by atoms with Crippen molar-refractivity contribution in [1.82, 2.24) is 0 Å². The summed E-state index contributed by atoms with van der Waals surface area (Å²) in [4.78, 5) is 34.1. The molecule has 0 rings (SSSR count). The molecular weight excluding hydrogens is 329 g/mol. The minimum absolute atomic E-state index is 0. The molecule has 0 aliphatic rings. The fraction of sp³-hybridized carbons (Fsp3) is 0. The van der Waals surface area contributed by atoms with Crippen LogP contribution in [0.2, 0.25) is 0 Å². The first-order valence-electron chi connectivity index (χ1n) is 1.22. The molecule has 2 N–H and O–H groups in total. The van der Waals surface area contributed by atoms with Gasteiger partial charge in [0.25, 0.3) is 0 Å². The van der Waals surface area contributed by atoms with E-state index in [4.69, 9.17) is 28.1 Å². The van der Waals surface area contributed by atoms with Crippen LogP contribution in [-0.4, -0.2) is 69.7 Å². The van der Waals surface area contributed by atoms with Crippen molar-refractivity contribution in [3.05, 3.63) is 0 Å². The fourth-order valence-corrected chi connectivity index (χ4v) is 0. The van der Waals surface area contributed by atoms with Gasteiger partial charge in [-0.25, -0.2) is 0 Å². The Balaban J connectivity index is -0.00000000468. The zero-order valence-electron chi connectivity index (χ0n) is 6.74. The van der Waals surface area contributed by atoms with Gasteiger partial charge in [0, 0.05) is 18.3 Å². The van der Waals surface area contributed by atoms with E-state index in [1.54, 1.807) is 0 Å². The molecule has 8 nitrogen and oxygen atoms in total. The largest absolute Gasteiger partial charge is 3.00 e. The van der Waals surface area contributed by atoms with Crippen LogP contribution in [0.3, 0.4) is 0 Å². The monoisotopic (exact) mass is 331 g/mol. The van der Waals surface area contributed by atoms with Crippen LogP contribution in [0.15, 0.2) is 0 Å². The van der Waals surface area contributed by atoms with Gasteiger partial charge in [0.15, 0.2) is 0 Å². The molecule has 0 unspecified atom stereocenters. The molecule has 15 heavy (non-hydrogen) atoms. The molecule has 1 radical (unpaired) electrons. The van der Waals surface area contributed by atoms with Crippen LogP contribution < -0.4 is 28.6 Å². The molecule has 0 aromatic heterocycles. The zero-order chi connectivity index (χ0) is 7.15. The van der Waals surface area contributed by atoms with Crippen molar-refractivity contribution >= 4 is 58.8 Å². The Morgan fingerprint density at radius 2 is 0.733 bits per heavy atom. The predicted molar refractivity (Wildman–Crippen MR) is 28.3 cm³/mol. The normalized spacial score (nSPS) is 3.20. The number of halogens is 2. The van der Waals surface area contributed by atoms with Gasteiger partial charge in [-0.3, -0.25) is 0 Å². The molecule has 0 atom stereocenters. The van der Waals surface area contributed by atoms with Crippen LogP contribution >= 0.6 is 0 Å². The molecule has 15 heteroatoms. The first kappa shape index (κ1) is 74.6. The summed E-state index contributed by atoms with van der Waals surface area (Å²) in [7, 11) is -7.26. The third-order valence-corrected chi connectivity index (χ3v) is 0. The number of hydrogen-bond donors (Lipinski definition) is 0. The van der Waals surface area contributed by atoms with Gasteiger partial charge in [0.1, 0.15) is 0 Å². The second-order valence-electron chi connectivity index (χ2n) is 0.500. The van der Waals surface area contributed by atoms with E-state index in [2.05, 4.69) is 0 Å². The van der Waals surface area contributed by atoms with E-state index in [1.165, 1.54) is 0 Å². The standard InChI is InChI=1S/Al.2FH.Fe.Mg.2O3Si.2H2O/c;;;;;2*1-4(2)3;;/h;2*1H;;;;;2*1H2/q+3;;;+3;+2;2*-2;;/p-4. The van der Waals surface area contributed by atoms with E-state index in [0.717, 1.165) is 0 Å². The summed E-state index contributed by atoms with van der Waals surface area (Å²) >= 11 is 0. The molecule has 0 aromatic rings. The maximum atomic E-state index is 8.52. The molecule has 0 heterocycles. The molecule has 0 fully saturated rings. The Bertz CT molecular complexity index is 88.6. The second-order valence-corrected chi connectivity index (χ2v) is 1.50. The third-order valence-electron chi connectivity index (χ3n) is 0. The van der Waals surface area contributed by atoms with Gasteiger partial charge in [-0.05, 0) is 0 Å². The average Bonchev–Trinajstić information content (AvgIpc) is 1.25. The van der Waals surface area contributed by atoms with Gasteiger partial charge in [-0.15, -0.1) is 0 Å². The predicted octanol–water partition coefficient (Wildman–Crippen LogP) is -12.9. The Hall–Kier alpha value is 0.832. The van der Waals surface area contributed by atoms with Crippen LogP contribution in [0.25, 0.3) is 0 Å². The smallest absolute Gasteiger partial charge is 1.00 e. The van der Waals surface area contributed by atoms with E-state index in [-0.39, 0.29) is 77.8 Å². The summed E-state index contributed by atoms with van der Waals surface area (Å²) in [5.41, 5.74) is 0. The minimum atomic E-state index is -3.63. The first-order valence-corrected chi connectivity index (χ1v) is 3.67. The molecule has 0 saturated heterocycles. The van der Waals surface area contributed by atoms with Crippen LogP contribution in [0.1, 0.15) is 0 Å². The number of rotatable bonds is 0. The molecule has 0 amide bonds.